The number of likely N-dealkylation sites (N-methyl/N-ethyl adjacent to an activating group) is 1. The second-order valence-corrected chi connectivity index (χ2v) is 6.66. The summed E-state index contributed by atoms with van der Waals surface area (Å²) in [5.41, 5.74) is 3.02. The number of carbonyl (C=O) groups is 1. The first-order chi connectivity index (χ1) is 12.6. The highest BCUT2D eigenvalue weighted by atomic mass is 16.5. The SMILES string of the molecule is CN(Cc1noc2c1CCCC2)C(=O)Cn1c(=O)cnc2ccccc21. The predicted octanol–water partition coefficient (Wildman–Crippen LogP) is 1.92. The maximum absolute atomic E-state index is 12.7. The predicted molar refractivity (Wildman–Crippen MR) is 95.6 cm³/mol. The first-order valence-electron chi connectivity index (χ1n) is 8.78. The number of benzene rings is 1. The van der Waals surface area contributed by atoms with Gasteiger partial charge in [-0.1, -0.05) is 17.3 Å². The third-order valence-electron chi connectivity index (χ3n) is 4.89. The number of fused-ring (bicyclic) bond motifs is 2. The van der Waals surface area contributed by atoms with Gasteiger partial charge >= 0.3 is 0 Å². The highest BCUT2D eigenvalue weighted by Gasteiger charge is 2.22. The average molecular weight is 352 g/mol. The lowest BCUT2D eigenvalue weighted by Gasteiger charge is -2.18. The minimum Gasteiger partial charge on any atom is -0.361 e. The van der Waals surface area contributed by atoms with Crippen LogP contribution in [0.5, 0.6) is 0 Å². The number of carbonyl (C=O) groups excluding carboxylic acids is 1. The van der Waals surface area contributed by atoms with Crippen LogP contribution in [0.4, 0.5) is 0 Å². The van der Waals surface area contributed by atoms with Crippen molar-refractivity contribution in [2.45, 2.75) is 38.8 Å². The van der Waals surface area contributed by atoms with E-state index in [4.69, 9.17) is 4.52 Å². The van der Waals surface area contributed by atoms with Crippen molar-refractivity contribution in [2.24, 2.45) is 0 Å². The number of amides is 1. The first-order valence-corrected chi connectivity index (χ1v) is 8.78. The molecule has 1 aliphatic rings. The van der Waals surface area contributed by atoms with E-state index >= 15 is 0 Å². The Labute approximate surface area is 150 Å². The van der Waals surface area contributed by atoms with E-state index in [-0.39, 0.29) is 18.0 Å². The number of hydrogen-bond donors (Lipinski definition) is 0. The van der Waals surface area contributed by atoms with Crippen molar-refractivity contribution in [3.8, 4) is 0 Å². The van der Waals surface area contributed by atoms with Gasteiger partial charge in [0.1, 0.15) is 18.0 Å². The lowest BCUT2D eigenvalue weighted by atomic mass is 9.96. The number of para-hydroxylation sites is 2. The van der Waals surface area contributed by atoms with E-state index in [0.29, 0.717) is 17.6 Å². The fraction of sp³-hybridized carbons (Fsp3) is 0.368. The summed E-state index contributed by atoms with van der Waals surface area (Å²) in [6.45, 7) is 0.355. The van der Waals surface area contributed by atoms with E-state index in [9.17, 15) is 9.59 Å². The van der Waals surface area contributed by atoms with Gasteiger partial charge in [0.2, 0.25) is 5.91 Å². The largest absolute Gasteiger partial charge is 0.361 e. The monoisotopic (exact) mass is 352 g/mol. The molecule has 4 rings (SSSR count). The number of aromatic nitrogens is 3. The quantitative estimate of drug-likeness (QED) is 0.716. The highest BCUT2D eigenvalue weighted by Crippen LogP contribution is 2.24. The Morgan fingerprint density at radius 1 is 1.27 bits per heavy atom. The van der Waals surface area contributed by atoms with Crippen LogP contribution in [0.2, 0.25) is 0 Å². The van der Waals surface area contributed by atoms with Crippen LogP contribution in [0.3, 0.4) is 0 Å². The summed E-state index contributed by atoms with van der Waals surface area (Å²) in [5.74, 6) is 0.791. The summed E-state index contributed by atoms with van der Waals surface area (Å²) in [6, 6.07) is 7.30. The van der Waals surface area contributed by atoms with Crippen molar-refractivity contribution in [1.29, 1.82) is 0 Å². The van der Waals surface area contributed by atoms with Gasteiger partial charge in [-0.25, -0.2) is 4.98 Å². The molecule has 0 spiro atoms. The maximum atomic E-state index is 12.7. The van der Waals surface area contributed by atoms with Gasteiger partial charge in [-0.15, -0.1) is 0 Å². The molecule has 7 heteroatoms. The molecule has 0 aliphatic heterocycles. The Kier molecular flexibility index (Phi) is 4.28. The molecule has 134 valence electrons. The molecule has 0 radical (unpaired) electrons. The van der Waals surface area contributed by atoms with Gasteiger partial charge in [-0.05, 0) is 31.4 Å². The van der Waals surface area contributed by atoms with E-state index < -0.39 is 0 Å². The minimum atomic E-state index is -0.288. The Morgan fingerprint density at radius 2 is 2.08 bits per heavy atom. The summed E-state index contributed by atoms with van der Waals surface area (Å²) >= 11 is 0. The molecule has 2 aromatic heterocycles. The Balaban J connectivity index is 1.54. The molecule has 0 saturated carbocycles. The zero-order valence-corrected chi connectivity index (χ0v) is 14.6. The van der Waals surface area contributed by atoms with Crippen LogP contribution in [0.25, 0.3) is 11.0 Å². The molecule has 1 amide bonds. The second-order valence-electron chi connectivity index (χ2n) is 6.66. The molecule has 0 fully saturated rings. The van der Waals surface area contributed by atoms with Gasteiger partial charge in [-0.3, -0.25) is 14.2 Å². The molecule has 0 saturated heterocycles. The normalized spacial score (nSPS) is 13.6. The Bertz CT molecular complexity index is 1020. The fourth-order valence-corrected chi connectivity index (χ4v) is 3.42. The Hall–Kier alpha value is -2.96. The molecule has 26 heavy (non-hydrogen) atoms. The lowest BCUT2D eigenvalue weighted by molar-refractivity contribution is -0.131. The topological polar surface area (TPSA) is 81.2 Å². The zero-order chi connectivity index (χ0) is 18.1. The van der Waals surface area contributed by atoms with Crippen LogP contribution in [0.15, 0.2) is 39.8 Å². The van der Waals surface area contributed by atoms with Crippen LogP contribution < -0.4 is 5.56 Å². The lowest BCUT2D eigenvalue weighted by Crippen LogP contribution is -2.34. The molecule has 1 aromatic carbocycles. The summed E-state index contributed by atoms with van der Waals surface area (Å²) in [7, 11) is 1.72. The number of rotatable bonds is 4. The van der Waals surface area contributed by atoms with Crippen LogP contribution in [0.1, 0.15) is 29.9 Å². The molecular weight excluding hydrogens is 332 g/mol. The smallest absolute Gasteiger partial charge is 0.269 e. The molecule has 0 unspecified atom stereocenters. The van der Waals surface area contributed by atoms with Gasteiger partial charge in [-0.2, -0.15) is 0 Å². The van der Waals surface area contributed by atoms with Crippen molar-refractivity contribution < 1.29 is 9.32 Å². The summed E-state index contributed by atoms with van der Waals surface area (Å²) < 4.78 is 6.87. The molecule has 0 N–H and O–H groups in total. The summed E-state index contributed by atoms with van der Waals surface area (Å²) in [6.07, 6.45) is 5.36. The molecule has 1 aliphatic carbocycles. The van der Waals surface area contributed by atoms with E-state index in [1.807, 2.05) is 18.2 Å². The average Bonchev–Trinajstić information content (AvgIpc) is 3.07. The standard InChI is InChI=1S/C19H20N4O3/c1-22(11-15-13-6-2-5-9-17(13)26-21-15)19(25)12-23-16-8-4-3-7-14(16)20-10-18(23)24/h3-4,7-8,10H,2,5-6,9,11-12H2,1H3. The van der Waals surface area contributed by atoms with Crippen molar-refractivity contribution in [3.63, 3.8) is 0 Å². The number of aryl methyl sites for hydroxylation is 1. The van der Waals surface area contributed by atoms with Crippen molar-refractivity contribution in [2.75, 3.05) is 7.05 Å². The van der Waals surface area contributed by atoms with Gasteiger partial charge in [0, 0.05) is 19.0 Å². The van der Waals surface area contributed by atoms with Crippen LogP contribution in [0, 0.1) is 0 Å². The van der Waals surface area contributed by atoms with E-state index in [1.165, 1.54) is 10.8 Å². The van der Waals surface area contributed by atoms with Gasteiger partial charge in [0.25, 0.3) is 5.56 Å². The molecule has 7 nitrogen and oxygen atoms in total. The maximum Gasteiger partial charge on any atom is 0.269 e. The molecule has 3 aromatic rings. The second kappa shape index (κ2) is 6.74. The van der Waals surface area contributed by atoms with Gasteiger partial charge in [0.05, 0.1) is 23.8 Å². The van der Waals surface area contributed by atoms with E-state index in [2.05, 4.69) is 10.1 Å². The van der Waals surface area contributed by atoms with Crippen molar-refractivity contribution in [3.05, 3.63) is 57.8 Å². The first kappa shape index (κ1) is 16.5. The number of hydrogen-bond acceptors (Lipinski definition) is 5. The third kappa shape index (κ3) is 3.00. The van der Waals surface area contributed by atoms with Crippen LogP contribution in [-0.4, -0.2) is 32.6 Å². The van der Waals surface area contributed by atoms with Crippen molar-refractivity contribution in [1.82, 2.24) is 19.6 Å². The van der Waals surface area contributed by atoms with Crippen molar-refractivity contribution >= 4 is 16.9 Å². The van der Waals surface area contributed by atoms with Crippen LogP contribution in [-0.2, 0) is 30.7 Å². The third-order valence-corrected chi connectivity index (χ3v) is 4.89. The van der Waals surface area contributed by atoms with E-state index in [0.717, 1.165) is 42.7 Å². The van der Waals surface area contributed by atoms with Gasteiger partial charge in [0.15, 0.2) is 0 Å². The van der Waals surface area contributed by atoms with Gasteiger partial charge < -0.3 is 9.42 Å². The minimum absolute atomic E-state index is 0.0294. The number of nitrogens with zero attached hydrogens (tertiary/aromatic N) is 4. The molecule has 0 atom stereocenters. The Morgan fingerprint density at radius 3 is 2.96 bits per heavy atom. The zero-order valence-electron chi connectivity index (χ0n) is 14.6. The summed E-state index contributed by atoms with van der Waals surface area (Å²) in [4.78, 5) is 30.6. The highest BCUT2D eigenvalue weighted by molar-refractivity contribution is 5.79. The molecule has 0 bridgehead atoms. The van der Waals surface area contributed by atoms with E-state index in [1.54, 1.807) is 18.0 Å². The van der Waals surface area contributed by atoms with Crippen LogP contribution >= 0.6 is 0 Å². The molecular formula is C19H20N4O3. The summed E-state index contributed by atoms with van der Waals surface area (Å²) in [5, 5.41) is 4.15. The molecule has 2 heterocycles. The fourth-order valence-electron chi connectivity index (χ4n) is 3.42.